The summed E-state index contributed by atoms with van der Waals surface area (Å²) < 4.78 is 10.3. The van der Waals surface area contributed by atoms with Gasteiger partial charge in [0.25, 0.3) is 0 Å². The van der Waals surface area contributed by atoms with Gasteiger partial charge in [0.2, 0.25) is 0 Å². The van der Waals surface area contributed by atoms with Crippen LogP contribution in [0, 0.1) is 0 Å². The first-order valence-electron chi connectivity index (χ1n) is 4.96. The second-order valence-corrected chi connectivity index (χ2v) is 3.46. The van der Waals surface area contributed by atoms with Crippen LogP contribution in [0.25, 0.3) is 11.0 Å². The molecule has 82 valence electrons. The van der Waals surface area contributed by atoms with E-state index in [4.69, 9.17) is 9.15 Å². The van der Waals surface area contributed by atoms with Crippen LogP contribution in [0.1, 0.15) is 5.56 Å². The Balaban J connectivity index is 2.63. The van der Waals surface area contributed by atoms with E-state index in [9.17, 15) is 4.79 Å². The predicted molar refractivity (Wildman–Crippen MR) is 62.9 cm³/mol. The lowest BCUT2D eigenvalue weighted by atomic mass is 10.1. The van der Waals surface area contributed by atoms with E-state index in [1.165, 1.54) is 0 Å². The van der Waals surface area contributed by atoms with Gasteiger partial charge in [0.1, 0.15) is 11.3 Å². The summed E-state index contributed by atoms with van der Waals surface area (Å²) in [6.45, 7) is 3.60. The molecule has 0 aliphatic heterocycles. The molecule has 3 heteroatoms. The molecule has 0 fully saturated rings. The molecule has 16 heavy (non-hydrogen) atoms. The van der Waals surface area contributed by atoms with Gasteiger partial charge in [0.15, 0.2) is 0 Å². The van der Waals surface area contributed by atoms with E-state index in [0.717, 1.165) is 5.39 Å². The van der Waals surface area contributed by atoms with Crippen molar-refractivity contribution in [3.63, 3.8) is 0 Å². The Bertz CT molecular complexity index is 581. The first-order valence-corrected chi connectivity index (χ1v) is 4.96. The van der Waals surface area contributed by atoms with E-state index in [1.54, 1.807) is 19.3 Å². The van der Waals surface area contributed by atoms with Crippen LogP contribution in [-0.4, -0.2) is 7.11 Å². The summed E-state index contributed by atoms with van der Waals surface area (Å²) >= 11 is 0. The van der Waals surface area contributed by atoms with Crippen molar-refractivity contribution in [2.75, 3.05) is 7.11 Å². The lowest BCUT2D eigenvalue weighted by Gasteiger charge is -2.02. The van der Waals surface area contributed by atoms with Gasteiger partial charge in [-0.3, -0.25) is 0 Å². The fourth-order valence-corrected chi connectivity index (χ4v) is 1.56. The zero-order chi connectivity index (χ0) is 11.5. The van der Waals surface area contributed by atoms with Gasteiger partial charge in [-0.05, 0) is 24.6 Å². The summed E-state index contributed by atoms with van der Waals surface area (Å²) in [5.41, 5.74) is 0.838. The van der Waals surface area contributed by atoms with Gasteiger partial charge in [0.05, 0.1) is 7.11 Å². The third-order valence-electron chi connectivity index (χ3n) is 2.38. The van der Waals surface area contributed by atoms with Crippen LogP contribution in [0.5, 0.6) is 5.75 Å². The summed E-state index contributed by atoms with van der Waals surface area (Å²) in [6.07, 6.45) is 2.20. The third kappa shape index (κ3) is 1.84. The van der Waals surface area contributed by atoms with Gasteiger partial charge in [-0.2, -0.15) is 0 Å². The van der Waals surface area contributed by atoms with Crippen molar-refractivity contribution in [3.8, 4) is 5.75 Å². The Labute approximate surface area is 93.0 Å². The highest BCUT2D eigenvalue weighted by Gasteiger charge is 2.04. The second kappa shape index (κ2) is 4.23. The van der Waals surface area contributed by atoms with Crippen molar-refractivity contribution < 1.29 is 9.15 Å². The highest BCUT2D eigenvalue weighted by Crippen LogP contribution is 2.20. The standard InChI is InChI=1S/C13H12O3/c1-3-4-10-7-9-5-6-11(15-2)8-12(9)16-13(10)14/h3,5-8H,1,4H2,2H3. The molecule has 0 unspecified atom stereocenters. The van der Waals surface area contributed by atoms with Gasteiger partial charge < -0.3 is 9.15 Å². The summed E-state index contributed by atoms with van der Waals surface area (Å²) in [6, 6.07) is 7.22. The number of methoxy groups -OCH3 is 1. The number of benzene rings is 1. The molecule has 0 N–H and O–H groups in total. The molecule has 1 aromatic heterocycles. The Morgan fingerprint density at radius 1 is 1.44 bits per heavy atom. The fraction of sp³-hybridized carbons (Fsp3) is 0.154. The zero-order valence-electron chi connectivity index (χ0n) is 9.03. The van der Waals surface area contributed by atoms with Gasteiger partial charge in [-0.15, -0.1) is 6.58 Å². The van der Waals surface area contributed by atoms with Crippen molar-refractivity contribution in [3.05, 3.63) is 52.9 Å². The van der Waals surface area contributed by atoms with Gasteiger partial charge >= 0.3 is 5.63 Å². The number of ether oxygens (including phenoxy) is 1. The Morgan fingerprint density at radius 3 is 2.94 bits per heavy atom. The number of fused-ring (bicyclic) bond motifs is 1. The molecular formula is C13H12O3. The van der Waals surface area contributed by atoms with Crippen molar-refractivity contribution in [1.82, 2.24) is 0 Å². The number of allylic oxidation sites excluding steroid dienone is 1. The lowest BCUT2D eigenvalue weighted by molar-refractivity contribution is 0.414. The number of hydrogen-bond acceptors (Lipinski definition) is 3. The van der Waals surface area contributed by atoms with E-state index in [2.05, 4.69) is 6.58 Å². The van der Waals surface area contributed by atoms with Crippen molar-refractivity contribution in [1.29, 1.82) is 0 Å². The first-order chi connectivity index (χ1) is 7.74. The molecule has 1 aromatic carbocycles. The van der Waals surface area contributed by atoms with Crippen molar-refractivity contribution in [2.45, 2.75) is 6.42 Å². The lowest BCUT2D eigenvalue weighted by Crippen LogP contribution is -2.05. The summed E-state index contributed by atoms with van der Waals surface area (Å²) in [5.74, 6) is 0.673. The molecule has 2 aromatic rings. The van der Waals surface area contributed by atoms with Crippen LogP contribution in [0.15, 0.2) is 46.1 Å². The molecule has 3 nitrogen and oxygen atoms in total. The van der Waals surface area contributed by atoms with Crippen LogP contribution < -0.4 is 10.4 Å². The third-order valence-corrected chi connectivity index (χ3v) is 2.38. The second-order valence-electron chi connectivity index (χ2n) is 3.46. The molecule has 1 heterocycles. The molecule has 0 atom stereocenters. The summed E-state index contributed by atoms with van der Waals surface area (Å²) in [7, 11) is 1.57. The largest absolute Gasteiger partial charge is 0.497 e. The minimum absolute atomic E-state index is 0.319. The summed E-state index contributed by atoms with van der Waals surface area (Å²) in [4.78, 5) is 11.6. The predicted octanol–water partition coefficient (Wildman–Crippen LogP) is 2.53. The smallest absolute Gasteiger partial charge is 0.339 e. The maximum Gasteiger partial charge on any atom is 0.339 e. The molecule has 0 bridgehead atoms. The van der Waals surface area contributed by atoms with Gasteiger partial charge in [-0.1, -0.05) is 6.08 Å². The van der Waals surface area contributed by atoms with Gasteiger partial charge in [0, 0.05) is 17.0 Å². The number of hydrogen-bond donors (Lipinski definition) is 0. The molecule has 0 radical (unpaired) electrons. The van der Waals surface area contributed by atoms with Crippen LogP contribution in [0.2, 0.25) is 0 Å². The highest BCUT2D eigenvalue weighted by atomic mass is 16.5. The Hall–Kier alpha value is -2.03. The average Bonchev–Trinajstić information content (AvgIpc) is 2.30. The monoisotopic (exact) mass is 216 g/mol. The van der Waals surface area contributed by atoms with E-state index in [1.807, 2.05) is 18.2 Å². The van der Waals surface area contributed by atoms with E-state index in [-0.39, 0.29) is 5.63 Å². The molecule has 0 aliphatic rings. The molecule has 0 amide bonds. The van der Waals surface area contributed by atoms with E-state index < -0.39 is 0 Å². The first kappa shape index (κ1) is 10.5. The minimum Gasteiger partial charge on any atom is -0.497 e. The summed E-state index contributed by atoms with van der Waals surface area (Å²) in [5, 5.41) is 0.886. The number of rotatable bonds is 3. The normalized spacial score (nSPS) is 10.3. The topological polar surface area (TPSA) is 39.4 Å². The minimum atomic E-state index is -0.319. The molecule has 2 rings (SSSR count). The molecule has 0 spiro atoms. The van der Waals surface area contributed by atoms with Gasteiger partial charge in [-0.25, -0.2) is 4.79 Å². The average molecular weight is 216 g/mol. The molecule has 0 saturated carbocycles. The quantitative estimate of drug-likeness (QED) is 0.584. The Kier molecular flexibility index (Phi) is 2.77. The Morgan fingerprint density at radius 2 is 2.25 bits per heavy atom. The van der Waals surface area contributed by atoms with Crippen LogP contribution in [0.4, 0.5) is 0 Å². The fourth-order valence-electron chi connectivity index (χ4n) is 1.56. The van der Waals surface area contributed by atoms with Crippen molar-refractivity contribution in [2.24, 2.45) is 0 Å². The van der Waals surface area contributed by atoms with E-state index in [0.29, 0.717) is 23.3 Å². The molecule has 0 aliphatic carbocycles. The van der Waals surface area contributed by atoms with Crippen molar-refractivity contribution >= 4 is 11.0 Å². The molecule has 0 saturated heterocycles. The maximum atomic E-state index is 11.6. The highest BCUT2D eigenvalue weighted by molar-refractivity contribution is 5.78. The van der Waals surface area contributed by atoms with Crippen LogP contribution in [-0.2, 0) is 6.42 Å². The molecular weight excluding hydrogens is 204 g/mol. The van der Waals surface area contributed by atoms with E-state index >= 15 is 0 Å². The van der Waals surface area contributed by atoms with Crippen LogP contribution >= 0.6 is 0 Å². The van der Waals surface area contributed by atoms with Crippen LogP contribution in [0.3, 0.4) is 0 Å². The zero-order valence-corrected chi connectivity index (χ0v) is 9.03. The maximum absolute atomic E-state index is 11.6. The SMILES string of the molecule is C=CCc1cc2ccc(OC)cc2oc1=O.